The fourth-order valence-corrected chi connectivity index (χ4v) is 3.76. The summed E-state index contributed by atoms with van der Waals surface area (Å²) in [5.74, 6) is -0.243. The Kier molecular flexibility index (Phi) is 5.36. The molecule has 3 aromatic rings. The Morgan fingerprint density at radius 3 is 2.62 bits per heavy atom. The Bertz CT molecular complexity index is 1080. The van der Waals surface area contributed by atoms with Crippen LogP contribution in [0.25, 0.3) is 16.6 Å². The lowest BCUT2D eigenvalue weighted by molar-refractivity contribution is 0.105. The first-order valence-corrected chi connectivity index (χ1v) is 10.6. The number of sulfone groups is 1. The molecule has 1 heterocycles. The van der Waals surface area contributed by atoms with Gasteiger partial charge < -0.3 is 0 Å². The fraction of sp³-hybridized carbons (Fsp3) is 0.0526. The Hall–Kier alpha value is -2.28. The number of hydrogen-bond donors (Lipinski definition) is 0. The predicted molar refractivity (Wildman–Crippen MR) is 104 cm³/mol. The summed E-state index contributed by atoms with van der Waals surface area (Å²) in [4.78, 5) is 17.1. The first-order valence-electron chi connectivity index (χ1n) is 7.50. The van der Waals surface area contributed by atoms with E-state index >= 15 is 0 Å². The minimum Gasteiger partial charge on any atom is -0.288 e. The summed E-state index contributed by atoms with van der Waals surface area (Å²) in [6, 6.07) is 13.6. The number of benzene rings is 2. The minimum atomic E-state index is -3.29. The maximum Gasteiger partial charge on any atom is 0.198 e. The first kappa shape index (κ1) is 18.5. The molecule has 26 heavy (non-hydrogen) atoms. The molecule has 4 nitrogen and oxygen atoms in total. The molecule has 1 radical (unpaired) electrons. The molecular weight excluding hydrogens is 390 g/mol. The lowest BCUT2D eigenvalue weighted by Crippen LogP contribution is -1.96. The van der Waals surface area contributed by atoms with Crippen molar-refractivity contribution in [3.05, 3.63) is 76.3 Å². The van der Waals surface area contributed by atoms with E-state index < -0.39 is 9.84 Å². The van der Waals surface area contributed by atoms with Crippen LogP contribution in [0.15, 0.2) is 59.5 Å². The van der Waals surface area contributed by atoms with E-state index in [1.54, 1.807) is 30.3 Å². The summed E-state index contributed by atoms with van der Waals surface area (Å²) in [5.41, 5.74) is 1.49. The molecular formula is C19H13ClNO3S2. The molecule has 0 saturated heterocycles. The summed E-state index contributed by atoms with van der Waals surface area (Å²) >= 11 is 7.10. The zero-order valence-corrected chi connectivity index (χ0v) is 16.0. The van der Waals surface area contributed by atoms with E-state index in [1.165, 1.54) is 29.5 Å². The number of halogens is 1. The van der Waals surface area contributed by atoms with Crippen molar-refractivity contribution in [3.8, 4) is 10.6 Å². The lowest BCUT2D eigenvalue weighted by Gasteiger charge is -1.99. The van der Waals surface area contributed by atoms with Gasteiger partial charge in [-0.25, -0.2) is 13.4 Å². The van der Waals surface area contributed by atoms with E-state index in [9.17, 15) is 13.2 Å². The van der Waals surface area contributed by atoms with E-state index in [0.717, 1.165) is 11.8 Å². The predicted octanol–water partition coefficient (Wildman–Crippen LogP) is 4.56. The van der Waals surface area contributed by atoms with Gasteiger partial charge in [0.2, 0.25) is 0 Å². The molecule has 0 fully saturated rings. The van der Waals surface area contributed by atoms with Crippen LogP contribution in [0.3, 0.4) is 0 Å². The van der Waals surface area contributed by atoms with Gasteiger partial charge in [-0.1, -0.05) is 41.9 Å². The number of rotatable bonds is 5. The highest BCUT2D eigenvalue weighted by Gasteiger charge is 2.11. The second-order valence-electron chi connectivity index (χ2n) is 5.51. The van der Waals surface area contributed by atoms with Crippen LogP contribution < -0.4 is 0 Å². The third-order valence-corrected chi connectivity index (χ3v) is 5.87. The lowest BCUT2D eigenvalue weighted by atomic mass is 10.2. The van der Waals surface area contributed by atoms with Crippen molar-refractivity contribution in [2.45, 2.75) is 4.90 Å². The number of thiazole rings is 1. The number of allylic oxidation sites excluding steroid dienone is 1. The quantitative estimate of drug-likeness (QED) is 0.463. The summed E-state index contributed by atoms with van der Waals surface area (Å²) in [6.45, 7) is 0. The van der Waals surface area contributed by atoms with Gasteiger partial charge >= 0.3 is 0 Å². The molecule has 0 bridgehead atoms. The van der Waals surface area contributed by atoms with Gasteiger partial charge in [-0.3, -0.25) is 4.79 Å². The zero-order valence-electron chi connectivity index (χ0n) is 13.6. The van der Waals surface area contributed by atoms with Crippen LogP contribution in [0, 0.1) is 6.20 Å². The average molecular weight is 403 g/mol. The topological polar surface area (TPSA) is 64.1 Å². The smallest absolute Gasteiger partial charge is 0.198 e. The van der Waals surface area contributed by atoms with Crippen LogP contribution in [0.4, 0.5) is 0 Å². The molecule has 0 amide bonds. The highest BCUT2D eigenvalue weighted by molar-refractivity contribution is 7.90. The van der Waals surface area contributed by atoms with E-state index in [-0.39, 0.29) is 10.7 Å². The van der Waals surface area contributed by atoms with Crippen LogP contribution >= 0.6 is 22.9 Å². The largest absolute Gasteiger partial charge is 0.288 e. The number of hydrogen-bond acceptors (Lipinski definition) is 5. The third kappa shape index (κ3) is 4.46. The van der Waals surface area contributed by atoms with Crippen LogP contribution in [0.2, 0.25) is 5.02 Å². The normalized spacial score (nSPS) is 11.8. The molecule has 0 atom stereocenters. The molecule has 3 rings (SSSR count). The number of carbonyl (C=O) groups is 1. The van der Waals surface area contributed by atoms with E-state index in [1.807, 2.05) is 12.1 Å². The summed E-state index contributed by atoms with van der Waals surface area (Å²) in [6.07, 6.45) is 6.84. The Morgan fingerprint density at radius 1 is 1.19 bits per heavy atom. The molecule has 0 aliphatic carbocycles. The van der Waals surface area contributed by atoms with Gasteiger partial charge in [0.1, 0.15) is 16.1 Å². The van der Waals surface area contributed by atoms with Crippen LogP contribution in [0.5, 0.6) is 0 Å². The molecule has 0 aliphatic heterocycles. The summed E-state index contributed by atoms with van der Waals surface area (Å²) < 4.78 is 23.2. The van der Waals surface area contributed by atoms with Gasteiger partial charge in [0.25, 0.3) is 0 Å². The molecule has 2 aromatic carbocycles. The van der Waals surface area contributed by atoms with E-state index in [4.69, 9.17) is 11.6 Å². The highest BCUT2D eigenvalue weighted by atomic mass is 35.5. The molecule has 7 heteroatoms. The van der Waals surface area contributed by atoms with Crippen molar-refractivity contribution in [3.63, 3.8) is 0 Å². The van der Waals surface area contributed by atoms with E-state index in [0.29, 0.717) is 20.5 Å². The maximum absolute atomic E-state index is 12.3. The SMILES string of the molecule is CS(=O)(=O)c1cccc(C=CC(=O)c2[c]nc(-c3ccc(Cl)cc3)s2)c1. The Morgan fingerprint density at radius 2 is 1.92 bits per heavy atom. The first-order chi connectivity index (χ1) is 12.3. The number of carbonyl (C=O) groups excluding carboxylic acids is 1. The second-order valence-corrected chi connectivity index (χ2v) is 8.96. The van der Waals surface area contributed by atoms with Crippen molar-refractivity contribution in [2.75, 3.05) is 6.26 Å². The monoisotopic (exact) mass is 402 g/mol. The average Bonchev–Trinajstić information content (AvgIpc) is 3.10. The maximum atomic E-state index is 12.3. The number of aromatic nitrogens is 1. The molecule has 1 aromatic heterocycles. The summed E-state index contributed by atoms with van der Waals surface area (Å²) in [5, 5.41) is 1.31. The van der Waals surface area contributed by atoms with Crippen molar-refractivity contribution in [1.82, 2.24) is 4.98 Å². The Balaban J connectivity index is 1.78. The molecule has 131 valence electrons. The molecule has 0 saturated carbocycles. The zero-order chi connectivity index (χ0) is 18.7. The van der Waals surface area contributed by atoms with Crippen molar-refractivity contribution < 1.29 is 13.2 Å². The van der Waals surface area contributed by atoms with Gasteiger partial charge in [0.05, 0.1) is 4.90 Å². The van der Waals surface area contributed by atoms with Crippen molar-refractivity contribution in [1.29, 1.82) is 0 Å². The van der Waals surface area contributed by atoms with Gasteiger partial charge in [-0.15, -0.1) is 11.3 Å². The van der Waals surface area contributed by atoms with Crippen LogP contribution in [-0.4, -0.2) is 25.4 Å². The van der Waals surface area contributed by atoms with E-state index in [2.05, 4.69) is 11.2 Å². The van der Waals surface area contributed by atoms with Crippen molar-refractivity contribution in [2.24, 2.45) is 0 Å². The standard InChI is InChI=1S/C19H13ClNO3S2/c1-26(23,24)16-4-2-3-13(11-16)5-10-17(22)18-12-21-19(25-18)14-6-8-15(20)9-7-14/h2-11H,1H3. The Labute approximate surface area is 160 Å². The fourth-order valence-electron chi connectivity index (χ4n) is 2.16. The number of nitrogens with zero attached hydrogens (tertiary/aromatic N) is 1. The van der Waals surface area contributed by atoms with Gasteiger partial charge in [-0.05, 0) is 35.9 Å². The molecule has 0 N–H and O–H groups in total. The van der Waals surface area contributed by atoms with Gasteiger partial charge in [-0.2, -0.15) is 0 Å². The third-order valence-electron chi connectivity index (χ3n) is 3.49. The van der Waals surface area contributed by atoms with Gasteiger partial charge in [0.15, 0.2) is 15.6 Å². The number of ketones is 1. The second kappa shape index (κ2) is 7.53. The summed E-state index contributed by atoms with van der Waals surface area (Å²) in [7, 11) is -3.29. The molecule has 0 unspecified atom stereocenters. The minimum absolute atomic E-state index is 0.210. The molecule has 0 spiro atoms. The van der Waals surface area contributed by atoms with Crippen LogP contribution in [-0.2, 0) is 9.84 Å². The molecule has 0 aliphatic rings. The van der Waals surface area contributed by atoms with Crippen molar-refractivity contribution >= 4 is 44.6 Å². The van der Waals surface area contributed by atoms with Gasteiger partial charge in [0, 0.05) is 16.8 Å². The van der Waals surface area contributed by atoms with Crippen LogP contribution in [0.1, 0.15) is 15.2 Å². The highest BCUT2D eigenvalue weighted by Crippen LogP contribution is 2.26.